The number of non-ortho nitro benzene ring substituents is 1. The van der Waals surface area contributed by atoms with E-state index in [1.54, 1.807) is 6.07 Å². The van der Waals surface area contributed by atoms with E-state index in [0.717, 1.165) is 17.7 Å². The van der Waals surface area contributed by atoms with Crippen molar-refractivity contribution in [1.82, 2.24) is 5.32 Å². The van der Waals surface area contributed by atoms with Crippen molar-refractivity contribution in [3.05, 3.63) is 62.0 Å². The minimum Gasteiger partial charge on any atom is -0.472 e. The van der Waals surface area contributed by atoms with Crippen molar-refractivity contribution in [2.45, 2.75) is 6.54 Å². The molecule has 0 aliphatic heterocycles. The zero-order chi connectivity index (χ0) is 14.7. The van der Waals surface area contributed by atoms with Crippen molar-refractivity contribution in [1.29, 1.82) is 0 Å². The Labute approximate surface area is 123 Å². The summed E-state index contributed by atoms with van der Waals surface area (Å²) in [6.45, 7) is 0.214. The minimum absolute atomic E-state index is 0.0260. The Morgan fingerprint density at radius 1 is 1.40 bits per heavy atom. The molecule has 0 radical (unpaired) electrons. The molecule has 0 saturated carbocycles. The number of benzene rings is 1. The lowest BCUT2D eigenvalue weighted by Crippen LogP contribution is -2.23. The van der Waals surface area contributed by atoms with Crippen LogP contribution in [0.5, 0.6) is 0 Å². The Hall–Kier alpha value is -2.05. The second-order valence-electron chi connectivity index (χ2n) is 3.86. The maximum Gasteiger partial charge on any atom is 0.271 e. The molecule has 1 aromatic carbocycles. The van der Waals surface area contributed by atoms with E-state index in [1.165, 1.54) is 12.5 Å². The normalized spacial score (nSPS) is 10.3. The molecule has 6 nitrogen and oxygen atoms in total. The Balaban J connectivity index is 2.22. The van der Waals surface area contributed by atoms with Crippen LogP contribution in [0, 0.1) is 10.1 Å². The number of hydrogen-bond acceptors (Lipinski definition) is 4. The third-order valence-corrected chi connectivity index (χ3v) is 3.30. The van der Waals surface area contributed by atoms with Crippen LogP contribution in [0.25, 0.3) is 0 Å². The van der Waals surface area contributed by atoms with E-state index in [1.807, 2.05) is 0 Å². The van der Waals surface area contributed by atoms with Crippen molar-refractivity contribution < 1.29 is 14.1 Å². The van der Waals surface area contributed by atoms with Crippen molar-refractivity contribution in [3.63, 3.8) is 0 Å². The number of carbonyl (C=O) groups is 1. The van der Waals surface area contributed by atoms with E-state index in [2.05, 4.69) is 5.32 Å². The molecule has 0 aliphatic carbocycles. The molecule has 1 aromatic heterocycles. The summed E-state index contributed by atoms with van der Waals surface area (Å²) in [5.74, 6) is -0.554. The fourth-order valence-corrected chi connectivity index (χ4v) is 1.92. The van der Waals surface area contributed by atoms with Gasteiger partial charge in [0.05, 0.1) is 33.1 Å². The molecule has 20 heavy (non-hydrogen) atoms. The highest BCUT2D eigenvalue weighted by Crippen LogP contribution is 2.30. The molecule has 2 aromatic rings. The van der Waals surface area contributed by atoms with Gasteiger partial charge in [-0.1, -0.05) is 23.2 Å². The maximum atomic E-state index is 12.0. The van der Waals surface area contributed by atoms with E-state index in [9.17, 15) is 14.9 Å². The number of nitrogens with one attached hydrogen (secondary N) is 1. The summed E-state index contributed by atoms with van der Waals surface area (Å²) in [6.07, 6.45) is 2.95. The molecule has 0 bridgehead atoms. The van der Waals surface area contributed by atoms with Crippen LogP contribution in [0.2, 0.25) is 10.0 Å². The maximum absolute atomic E-state index is 12.0. The fourth-order valence-electron chi connectivity index (χ4n) is 1.52. The Morgan fingerprint density at radius 2 is 2.15 bits per heavy atom. The standard InChI is InChI=1S/C12H8Cl2N2O4/c13-10-4-8(16(18)19)3-9(11(10)14)12(17)15-5-7-1-2-20-6-7/h1-4,6H,5H2,(H,15,17). The number of carbonyl (C=O) groups excluding carboxylic acids is 1. The zero-order valence-electron chi connectivity index (χ0n) is 9.93. The number of nitrogens with zero attached hydrogens (tertiary/aromatic N) is 1. The van der Waals surface area contributed by atoms with Gasteiger partial charge in [0.25, 0.3) is 11.6 Å². The van der Waals surface area contributed by atoms with Crippen LogP contribution in [0.3, 0.4) is 0 Å². The number of furan rings is 1. The topological polar surface area (TPSA) is 85.4 Å². The fraction of sp³-hybridized carbons (Fsp3) is 0.0833. The first-order chi connectivity index (χ1) is 9.49. The second-order valence-corrected chi connectivity index (χ2v) is 4.65. The molecule has 0 atom stereocenters. The smallest absolute Gasteiger partial charge is 0.271 e. The molecule has 2 rings (SSSR count). The van der Waals surface area contributed by atoms with Gasteiger partial charge in [0.2, 0.25) is 0 Å². The van der Waals surface area contributed by atoms with Gasteiger partial charge in [-0.3, -0.25) is 14.9 Å². The van der Waals surface area contributed by atoms with Crippen molar-refractivity contribution in [2.75, 3.05) is 0 Å². The average molecular weight is 315 g/mol. The SMILES string of the molecule is O=C(NCc1ccoc1)c1cc([N+](=O)[O-])cc(Cl)c1Cl. The summed E-state index contributed by atoms with van der Waals surface area (Å²) in [4.78, 5) is 22.1. The number of nitro benzene ring substituents is 1. The first-order valence-corrected chi connectivity index (χ1v) is 6.17. The van der Waals surface area contributed by atoms with Crippen LogP contribution in [-0.4, -0.2) is 10.8 Å². The van der Waals surface area contributed by atoms with E-state index < -0.39 is 10.8 Å². The third kappa shape index (κ3) is 3.09. The van der Waals surface area contributed by atoms with Crippen LogP contribution >= 0.6 is 23.2 Å². The predicted molar refractivity (Wildman–Crippen MR) is 73.0 cm³/mol. The van der Waals surface area contributed by atoms with Crippen molar-refractivity contribution in [2.24, 2.45) is 0 Å². The molecule has 104 valence electrons. The molecule has 0 saturated heterocycles. The van der Waals surface area contributed by atoms with Gasteiger partial charge < -0.3 is 9.73 Å². The van der Waals surface area contributed by atoms with Gasteiger partial charge >= 0.3 is 0 Å². The van der Waals surface area contributed by atoms with Crippen LogP contribution in [0.1, 0.15) is 15.9 Å². The highest BCUT2D eigenvalue weighted by molar-refractivity contribution is 6.44. The molecular weight excluding hydrogens is 307 g/mol. The van der Waals surface area contributed by atoms with Crippen LogP contribution in [-0.2, 0) is 6.54 Å². The molecule has 0 spiro atoms. The Bertz CT molecular complexity index is 656. The molecular formula is C12H8Cl2N2O4. The quantitative estimate of drug-likeness (QED) is 0.692. The lowest BCUT2D eigenvalue weighted by Gasteiger charge is -2.07. The summed E-state index contributed by atoms with van der Waals surface area (Å²) in [5, 5.41) is 13.2. The lowest BCUT2D eigenvalue weighted by molar-refractivity contribution is -0.384. The predicted octanol–water partition coefficient (Wildman–Crippen LogP) is 3.42. The summed E-state index contributed by atoms with van der Waals surface area (Å²) in [6, 6.07) is 3.86. The summed E-state index contributed by atoms with van der Waals surface area (Å²) < 4.78 is 4.86. The Kier molecular flexibility index (Phi) is 4.26. The highest BCUT2D eigenvalue weighted by atomic mass is 35.5. The van der Waals surface area contributed by atoms with Gasteiger partial charge in [-0.05, 0) is 6.07 Å². The van der Waals surface area contributed by atoms with E-state index >= 15 is 0 Å². The molecule has 1 N–H and O–H groups in total. The van der Waals surface area contributed by atoms with Crippen molar-refractivity contribution >= 4 is 34.8 Å². The van der Waals surface area contributed by atoms with Gasteiger partial charge in [-0.2, -0.15) is 0 Å². The molecule has 0 fully saturated rings. The van der Waals surface area contributed by atoms with Gasteiger partial charge in [-0.15, -0.1) is 0 Å². The van der Waals surface area contributed by atoms with Gasteiger partial charge in [0.1, 0.15) is 0 Å². The lowest BCUT2D eigenvalue weighted by atomic mass is 10.2. The largest absolute Gasteiger partial charge is 0.472 e. The first kappa shape index (κ1) is 14.4. The summed E-state index contributed by atoms with van der Waals surface area (Å²) in [7, 11) is 0. The first-order valence-electron chi connectivity index (χ1n) is 5.41. The van der Waals surface area contributed by atoms with Gasteiger partial charge in [0.15, 0.2) is 0 Å². The minimum atomic E-state index is -0.644. The van der Waals surface area contributed by atoms with Crippen LogP contribution in [0.15, 0.2) is 35.1 Å². The van der Waals surface area contributed by atoms with E-state index in [-0.39, 0.29) is 27.8 Å². The number of rotatable bonds is 4. The zero-order valence-corrected chi connectivity index (χ0v) is 11.4. The third-order valence-electron chi connectivity index (χ3n) is 2.50. The molecule has 1 amide bonds. The summed E-state index contributed by atoms with van der Waals surface area (Å²) >= 11 is 11.7. The molecule has 0 aliphatic rings. The van der Waals surface area contributed by atoms with E-state index in [4.69, 9.17) is 27.6 Å². The average Bonchev–Trinajstić information content (AvgIpc) is 2.92. The van der Waals surface area contributed by atoms with Crippen LogP contribution < -0.4 is 5.32 Å². The van der Waals surface area contributed by atoms with Crippen LogP contribution in [0.4, 0.5) is 5.69 Å². The number of nitro groups is 1. The second kappa shape index (κ2) is 5.94. The number of amides is 1. The highest BCUT2D eigenvalue weighted by Gasteiger charge is 2.19. The Morgan fingerprint density at radius 3 is 2.75 bits per heavy atom. The number of hydrogen-bond donors (Lipinski definition) is 1. The molecule has 0 unspecified atom stereocenters. The van der Waals surface area contributed by atoms with E-state index in [0.29, 0.717) is 0 Å². The monoisotopic (exact) mass is 314 g/mol. The summed E-state index contributed by atoms with van der Waals surface area (Å²) in [5.41, 5.74) is 0.410. The van der Waals surface area contributed by atoms with Gasteiger partial charge in [0, 0.05) is 24.2 Å². The van der Waals surface area contributed by atoms with Crippen molar-refractivity contribution in [3.8, 4) is 0 Å². The number of halogens is 2. The molecule has 8 heteroatoms. The molecule has 1 heterocycles. The van der Waals surface area contributed by atoms with Gasteiger partial charge in [-0.25, -0.2) is 0 Å².